The van der Waals surface area contributed by atoms with Crippen molar-refractivity contribution in [2.24, 2.45) is 0 Å². The van der Waals surface area contributed by atoms with Crippen LogP contribution in [0.15, 0.2) is 6.07 Å². The van der Waals surface area contributed by atoms with Gasteiger partial charge in [0, 0.05) is 12.6 Å². The van der Waals surface area contributed by atoms with Crippen LogP contribution in [0.4, 0.5) is 5.82 Å². The Labute approximate surface area is 104 Å². The van der Waals surface area contributed by atoms with Gasteiger partial charge in [0.1, 0.15) is 11.0 Å². The Morgan fingerprint density at radius 3 is 2.88 bits per heavy atom. The molecule has 0 radical (unpaired) electrons. The third-order valence-corrected chi connectivity index (χ3v) is 3.15. The summed E-state index contributed by atoms with van der Waals surface area (Å²) < 4.78 is 0. The summed E-state index contributed by atoms with van der Waals surface area (Å²) in [5.41, 5.74) is 0. The summed E-state index contributed by atoms with van der Waals surface area (Å²) in [5, 5.41) is 9.78. The topological polar surface area (TPSA) is 49.2 Å². The van der Waals surface area contributed by atoms with Crippen molar-refractivity contribution >= 4 is 29.0 Å². The summed E-state index contributed by atoms with van der Waals surface area (Å²) in [4.78, 5) is 10.00. The molecule has 88 valence electrons. The van der Waals surface area contributed by atoms with Gasteiger partial charge in [0.15, 0.2) is 0 Å². The fourth-order valence-electron chi connectivity index (χ4n) is 2.02. The second-order valence-corrected chi connectivity index (χ2v) is 4.57. The van der Waals surface area contributed by atoms with Crippen molar-refractivity contribution in [1.82, 2.24) is 9.97 Å². The van der Waals surface area contributed by atoms with Crippen molar-refractivity contribution in [3.05, 3.63) is 16.5 Å². The highest BCUT2D eigenvalue weighted by molar-refractivity contribution is 6.32. The van der Waals surface area contributed by atoms with E-state index >= 15 is 0 Å². The molecule has 4 nitrogen and oxygen atoms in total. The van der Waals surface area contributed by atoms with E-state index in [1.165, 1.54) is 0 Å². The Kier molecular flexibility index (Phi) is 3.84. The number of aliphatic hydroxyl groups is 1. The molecule has 1 saturated heterocycles. The minimum atomic E-state index is 0.107. The molecular formula is C10H13Cl2N3O. The molecule has 2 rings (SSSR count). The second-order valence-electron chi connectivity index (χ2n) is 3.84. The standard InChI is InChI=1S/C10H13Cl2N3O/c11-8-5-9(14-10(12)13-8)15-4-2-1-3-7(15)6-16/h5,7,16H,1-4,6H2/t7-/m1/s1. The van der Waals surface area contributed by atoms with Gasteiger partial charge in [0.2, 0.25) is 5.28 Å². The van der Waals surface area contributed by atoms with E-state index in [0.717, 1.165) is 25.8 Å². The molecule has 6 heteroatoms. The lowest BCUT2D eigenvalue weighted by atomic mass is 10.0. The van der Waals surface area contributed by atoms with Crippen LogP contribution in [0.25, 0.3) is 0 Å². The van der Waals surface area contributed by atoms with E-state index in [2.05, 4.69) is 9.97 Å². The molecule has 1 fully saturated rings. The largest absolute Gasteiger partial charge is 0.394 e. The molecule has 0 aliphatic carbocycles. The van der Waals surface area contributed by atoms with Gasteiger partial charge in [-0.2, -0.15) is 0 Å². The van der Waals surface area contributed by atoms with Crippen LogP contribution in [0.3, 0.4) is 0 Å². The molecule has 1 aromatic heterocycles. The van der Waals surface area contributed by atoms with E-state index in [1.807, 2.05) is 4.90 Å². The van der Waals surface area contributed by atoms with Crippen LogP contribution in [-0.4, -0.2) is 34.3 Å². The van der Waals surface area contributed by atoms with Gasteiger partial charge in [0.25, 0.3) is 0 Å². The number of aromatic nitrogens is 2. The maximum atomic E-state index is 9.31. The summed E-state index contributed by atoms with van der Waals surface area (Å²) in [7, 11) is 0. The van der Waals surface area contributed by atoms with Crippen LogP contribution in [0.5, 0.6) is 0 Å². The molecule has 0 aromatic carbocycles. The number of halogens is 2. The third-order valence-electron chi connectivity index (χ3n) is 2.79. The maximum Gasteiger partial charge on any atom is 0.225 e. The summed E-state index contributed by atoms with van der Waals surface area (Å²) in [6.45, 7) is 0.994. The van der Waals surface area contributed by atoms with E-state index in [4.69, 9.17) is 23.2 Å². The average molecular weight is 262 g/mol. The first kappa shape index (κ1) is 11.9. The summed E-state index contributed by atoms with van der Waals surface area (Å²) in [5.74, 6) is 0.698. The number of hydrogen-bond acceptors (Lipinski definition) is 4. The minimum Gasteiger partial charge on any atom is -0.394 e. The van der Waals surface area contributed by atoms with Gasteiger partial charge in [-0.15, -0.1) is 0 Å². The predicted octanol–water partition coefficient (Wildman–Crippen LogP) is 2.13. The van der Waals surface area contributed by atoms with Crippen LogP contribution in [-0.2, 0) is 0 Å². The van der Waals surface area contributed by atoms with E-state index < -0.39 is 0 Å². The fraction of sp³-hybridized carbons (Fsp3) is 0.600. The van der Waals surface area contributed by atoms with Crippen molar-refractivity contribution in [3.63, 3.8) is 0 Å². The fourth-order valence-corrected chi connectivity index (χ4v) is 2.42. The van der Waals surface area contributed by atoms with Gasteiger partial charge in [-0.25, -0.2) is 9.97 Å². The molecule has 0 amide bonds. The van der Waals surface area contributed by atoms with Gasteiger partial charge in [-0.1, -0.05) is 11.6 Å². The first-order chi connectivity index (χ1) is 7.70. The number of rotatable bonds is 2. The van der Waals surface area contributed by atoms with E-state index in [0.29, 0.717) is 11.0 Å². The van der Waals surface area contributed by atoms with Gasteiger partial charge in [-0.05, 0) is 30.9 Å². The highest BCUT2D eigenvalue weighted by Gasteiger charge is 2.23. The van der Waals surface area contributed by atoms with E-state index in [-0.39, 0.29) is 17.9 Å². The third kappa shape index (κ3) is 2.56. The average Bonchev–Trinajstić information content (AvgIpc) is 2.27. The number of anilines is 1. The molecule has 1 aliphatic rings. The van der Waals surface area contributed by atoms with Gasteiger partial charge < -0.3 is 10.0 Å². The van der Waals surface area contributed by atoms with Gasteiger partial charge in [0.05, 0.1) is 12.6 Å². The zero-order valence-corrected chi connectivity index (χ0v) is 10.2. The molecule has 1 N–H and O–H groups in total. The van der Waals surface area contributed by atoms with Crippen LogP contribution >= 0.6 is 23.2 Å². The smallest absolute Gasteiger partial charge is 0.225 e. The molecule has 0 unspecified atom stereocenters. The lowest BCUT2D eigenvalue weighted by molar-refractivity contribution is 0.239. The Hall–Kier alpha value is -0.580. The molecule has 1 aromatic rings. The van der Waals surface area contributed by atoms with Crippen LogP contribution in [0.1, 0.15) is 19.3 Å². The number of aliphatic hydroxyl groups excluding tert-OH is 1. The summed E-state index contributed by atoms with van der Waals surface area (Å²) >= 11 is 11.6. The van der Waals surface area contributed by atoms with Crippen molar-refractivity contribution in [1.29, 1.82) is 0 Å². The first-order valence-electron chi connectivity index (χ1n) is 5.28. The lowest BCUT2D eigenvalue weighted by Crippen LogP contribution is -2.42. The minimum absolute atomic E-state index is 0.107. The summed E-state index contributed by atoms with van der Waals surface area (Å²) in [6, 6.07) is 1.79. The second kappa shape index (κ2) is 5.17. The number of hydrogen-bond donors (Lipinski definition) is 1. The summed E-state index contributed by atoms with van der Waals surface area (Å²) in [6.07, 6.45) is 3.19. The van der Waals surface area contributed by atoms with E-state index in [1.54, 1.807) is 6.07 Å². The highest BCUT2D eigenvalue weighted by atomic mass is 35.5. The van der Waals surface area contributed by atoms with Gasteiger partial charge >= 0.3 is 0 Å². The predicted molar refractivity (Wildman–Crippen MR) is 64.1 cm³/mol. The van der Waals surface area contributed by atoms with Crippen molar-refractivity contribution in [2.45, 2.75) is 25.3 Å². The zero-order valence-electron chi connectivity index (χ0n) is 8.74. The van der Waals surface area contributed by atoms with Gasteiger partial charge in [-0.3, -0.25) is 0 Å². The van der Waals surface area contributed by atoms with E-state index in [9.17, 15) is 5.11 Å². The maximum absolute atomic E-state index is 9.31. The van der Waals surface area contributed by atoms with Crippen LogP contribution in [0, 0.1) is 0 Å². The molecule has 0 saturated carbocycles. The molecule has 1 atom stereocenters. The highest BCUT2D eigenvalue weighted by Crippen LogP contribution is 2.25. The van der Waals surface area contributed by atoms with Crippen LogP contribution < -0.4 is 4.90 Å². The first-order valence-corrected chi connectivity index (χ1v) is 6.04. The molecule has 16 heavy (non-hydrogen) atoms. The number of nitrogens with zero attached hydrogens (tertiary/aromatic N) is 3. The quantitative estimate of drug-likeness (QED) is 0.655. The molecule has 0 spiro atoms. The monoisotopic (exact) mass is 261 g/mol. The van der Waals surface area contributed by atoms with Crippen LogP contribution in [0.2, 0.25) is 10.4 Å². The Bertz CT molecular complexity index is 355. The Morgan fingerprint density at radius 2 is 2.19 bits per heavy atom. The molecule has 2 heterocycles. The zero-order chi connectivity index (χ0) is 11.5. The normalized spacial score (nSPS) is 21.2. The SMILES string of the molecule is OC[C@H]1CCCCN1c1cc(Cl)nc(Cl)n1. The molecule has 1 aliphatic heterocycles. The Morgan fingerprint density at radius 1 is 1.38 bits per heavy atom. The molecular weight excluding hydrogens is 249 g/mol. The molecule has 0 bridgehead atoms. The van der Waals surface area contributed by atoms with Crippen molar-refractivity contribution < 1.29 is 5.11 Å². The lowest BCUT2D eigenvalue weighted by Gasteiger charge is -2.35. The van der Waals surface area contributed by atoms with Crippen molar-refractivity contribution in [3.8, 4) is 0 Å². The van der Waals surface area contributed by atoms with Crippen molar-refractivity contribution in [2.75, 3.05) is 18.1 Å². The Balaban J connectivity index is 2.26. The number of piperidine rings is 1.